The van der Waals surface area contributed by atoms with Gasteiger partial charge in [-0.3, -0.25) is 0 Å². The molecule has 0 bridgehead atoms. The number of allylic oxidation sites excluding steroid dienone is 2. The van der Waals surface area contributed by atoms with Gasteiger partial charge in [0.05, 0.1) is 17.3 Å². The maximum atomic E-state index is 11.0. The van der Waals surface area contributed by atoms with Gasteiger partial charge in [0.2, 0.25) is 0 Å². The van der Waals surface area contributed by atoms with Gasteiger partial charge in [-0.25, -0.2) is 0 Å². The van der Waals surface area contributed by atoms with Crippen LogP contribution in [0.3, 0.4) is 0 Å². The van der Waals surface area contributed by atoms with E-state index >= 15 is 0 Å². The van der Waals surface area contributed by atoms with Crippen LogP contribution in [-0.2, 0) is 0 Å². The average Bonchev–Trinajstić information content (AvgIpc) is 2.72. The van der Waals surface area contributed by atoms with E-state index in [1.165, 1.54) is 11.1 Å². The second kappa shape index (κ2) is 6.54. The fraction of sp³-hybridized carbons (Fsp3) is 0.700. The van der Waals surface area contributed by atoms with E-state index in [4.69, 9.17) is 0 Å². The van der Waals surface area contributed by atoms with Gasteiger partial charge in [0.15, 0.2) is 0 Å². The largest absolute Gasteiger partial charge is 0.392 e. The lowest BCUT2D eigenvalue weighted by atomic mass is 9.74. The van der Waals surface area contributed by atoms with Gasteiger partial charge in [-0.15, -0.1) is 0 Å². The third-order valence-electron chi connectivity index (χ3n) is 5.59. The van der Waals surface area contributed by atoms with Crippen LogP contribution in [0, 0.1) is 17.8 Å². The Balaban J connectivity index is 2.18. The molecule has 2 aliphatic carbocycles. The van der Waals surface area contributed by atoms with E-state index in [1.54, 1.807) is 26.8 Å². The molecule has 0 aromatic carbocycles. The smallest absolute Gasteiger partial charge is 0.0771 e. The molecule has 1 fully saturated rings. The normalized spacial score (nSPS) is 34.9. The molecule has 0 amide bonds. The molecule has 3 N–H and O–H groups in total. The average molecular weight is 320 g/mol. The Morgan fingerprint density at radius 2 is 1.96 bits per heavy atom. The van der Waals surface area contributed by atoms with E-state index in [2.05, 4.69) is 19.6 Å². The van der Waals surface area contributed by atoms with Gasteiger partial charge in [-0.1, -0.05) is 36.0 Å². The number of aliphatic hydroxyl groups excluding tert-OH is 1. The van der Waals surface area contributed by atoms with E-state index in [1.807, 2.05) is 6.08 Å². The fourth-order valence-corrected chi connectivity index (χ4v) is 4.20. The van der Waals surface area contributed by atoms with Crippen LogP contribution in [0.1, 0.15) is 53.4 Å². The Morgan fingerprint density at radius 1 is 1.30 bits per heavy atom. The summed E-state index contributed by atoms with van der Waals surface area (Å²) in [4.78, 5) is 0. The molecule has 0 unspecified atom stereocenters. The van der Waals surface area contributed by atoms with E-state index in [-0.39, 0.29) is 11.8 Å². The molecule has 5 atom stereocenters. The van der Waals surface area contributed by atoms with Crippen LogP contribution in [0.5, 0.6) is 0 Å². The Kier molecular flexibility index (Phi) is 5.24. The standard InChI is InChI=1S/C20H32O3/c1-13-8-10-16(18(21)17-14(2)7-9-15(13)17)20(5,23)12-6-11-19(3,4)22/h6-7,11,15-18,21-23H,1,8-10,12H2,2-5H3/b11-6-/t15-,16+,17+,18+,20-/m0/s1. The van der Waals surface area contributed by atoms with Crippen LogP contribution in [0.15, 0.2) is 36.0 Å². The summed E-state index contributed by atoms with van der Waals surface area (Å²) in [5.41, 5.74) is 0.535. The second-order valence-corrected chi connectivity index (χ2v) is 8.23. The van der Waals surface area contributed by atoms with Crippen LogP contribution in [0.25, 0.3) is 0 Å². The van der Waals surface area contributed by atoms with Crippen molar-refractivity contribution in [2.75, 3.05) is 0 Å². The highest BCUT2D eigenvalue weighted by atomic mass is 16.3. The number of aliphatic hydroxyl groups is 3. The minimum absolute atomic E-state index is 0.0831. The Morgan fingerprint density at radius 3 is 2.57 bits per heavy atom. The highest BCUT2D eigenvalue weighted by Crippen LogP contribution is 2.47. The van der Waals surface area contributed by atoms with Crippen molar-refractivity contribution in [3.63, 3.8) is 0 Å². The van der Waals surface area contributed by atoms with Gasteiger partial charge in [-0.2, -0.15) is 0 Å². The van der Waals surface area contributed by atoms with Gasteiger partial charge < -0.3 is 15.3 Å². The topological polar surface area (TPSA) is 60.7 Å². The minimum atomic E-state index is -1.00. The van der Waals surface area contributed by atoms with Crippen LogP contribution < -0.4 is 0 Å². The van der Waals surface area contributed by atoms with E-state index < -0.39 is 17.3 Å². The Bertz CT molecular complexity index is 507. The molecule has 0 radical (unpaired) electrons. The van der Waals surface area contributed by atoms with Crippen LogP contribution in [0.4, 0.5) is 0 Å². The van der Waals surface area contributed by atoms with Crippen molar-refractivity contribution in [3.05, 3.63) is 36.0 Å². The molecule has 23 heavy (non-hydrogen) atoms. The van der Waals surface area contributed by atoms with Crippen molar-refractivity contribution < 1.29 is 15.3 Å². The van der Waals surface area contributed by atoms with Gasteiger partial charge in [0.1, 0.15) is 0 Å². The van der Waals surface area contributed by atoms with Gasteiger partial charge in [0, 0.05) is 11.8 Å². The molecule has 2 aliphatic rings. The van der Waals surface area contributed by atoms with Crippen LogP contribution >= 0.6 is 0 Å². The lowest BCUT2D eigenvalue weighted by Crippen LogP contribution is -2.44. The van der Waals surface area contributed by atoms with Crippen molar-refractivity contribution in [1.29, 1.82) is 0 Å². The van der Waals surface area contributed by atoms with Crippen molar-refractivity contribution in [2.45, 2.75) is 70.7 Å². The number of hydrogen-bond acceptors (Lipinski definition) is 3. The lowest BCUT2D eigenvalue weighted by molar-refractivity contribution is -0.0736. The molecule has 3 heteroatoms. The first-order valence-corrected chi connectivity index (χ1v) is 8.68. The summed E-state index contributed by atoms with van der Waals surface area (Å²) in [6.07, 6.45) is 8.16. The van der Waals surface area contributed by atoms with E-state index in [0.29, 0.717) is 12.3 Å². The zero-order valence-corrected chi connectivity index (χ0v) is 14.9. The van der Waals surface area contributed by atoms with E-state index in [9.17, 15) is 15.3 Å². The molecule has 0 heterocycles. The van der Waals surface area contributed by atoms with Crippen molar-refractivity contribution in [1.82, 2.24) is 0 Å². The van der Waals surface area contributed by atoms with Gasteiger partial charge in [-0.05, 0) is 59.3 Å². The van der Waals surface area contributed by atoms with Crippen LogP contribution in [0.2, 0.25) is 0 Å². The Labute approximate surface area is 140 Å². The third-order valence-corrected chi connectivity index (χ3v) is 5.59. The zero-order valence-electron chi connectivity index (χ0n) is 14.9. The third kappa shape index (κ3) is 4.14. The predicted molar refractivity (Wildman–Crippen MR) is 93.9 cm³/mol. The molecule has 0 aromatic rings. The van der Waals surface area contributed by atoms with Gasteiger partial charge >= 0.3 is 0 Å². The SMILES string of the molecule is C=C1CC[C@@H]([C@@](C)(O)C/C=C\C(C)(C)O)[C@@H](O)[C@@H]2C(C)=CC[C@@H]12. The molecule has 0 saturated heterocycles. The zero-order chi connectivity index (χ0) is 17.4. The molecule has 0 aliphatic heterocycles. The molecule has 130 valence electrons. The predicted octanol–water partition coefficient (Wildman–Crippen LogP) is 3.36. The fourth-order valence-electron chi connectivity index (χ4n) is 4.20. The highest BCUT2D eigenvalue weighted by molar-refractivity contribution is 5.25. The highest BCUT2D eigenvalue weighted by Gasteiger charge is 2.46. The summed E-state index contributed by atoms with van der Waals surface area (Å²) in [6.45, 7) is 11.5. The summed E-state index contributed by atoms with van der Waals surface area (Å²) < 4.78 is 0. The van der Waals surface area contributed by atoms with Crippen molar-refractivity contribution in [2.24, 2.45) is 17.8 Å². The number of fused-ring (bicyclic) bond motifs is 1. The first kappa shape index (κ1) is 18.4. The van der Waals surface area contributed by atoms with Crippen molar-refractivity contribution >= 4 is 0 Å². The Hall–Kier alpha value is -0.900. The van der Waals surface area contributed by atoms with Crippen molar-refractivity contribution in [3.8, 4) is 0 Å². The maximum Gasteiger partial charge on any atom is 0.0771 e. The number of rotatable bonds is 4. The first-order valence-electron chi connectivity index (χ1n) is 8.68. The minimum Gasteiger partial charge on any atom is -0.392 e. The second-order valence-electron chi connectivity index (χ2n) is 8.23. The van der Waals surface area contributed by atoms with Gasteiger partial charge in [0.25, 0.3) is 0 Å². The summed E-state index contributed by atoms with van der Waals surface area (Å²) in [5, 5.41) is 31.7. The molecule has 0 aromatic heterocycles. The molecule has 3 nitrogen and oxygen atoms in total. The monoisotopic (exact) mass is 320 g/mol. The summed E-state index contributed by atoms with van der Waals surface area (Å²) >= 11 is 0. The van der Waals surface area contributed by atoms with Crippen LogP contribution in [-0.4, -0.2) is 32.6 Å². The summed E-state index contributed by atoms with van der Waals surface area (Å²) in [6, 6.07) is 0. The molecular weight excluding hydrogens is 288 g/mol. The molecular formula is C20H32O3. The maximum absolute atomic E-state index is 11.0. The lowest BCUT2D eigenvalue weighted by Gasteiger charge is -2.38. The molecule has 2 rings (SSSR count). The number of hydrogen-bond donors (Lipinski definition) is 3. The quantitative estimate of drug-likeness (QED) is 0.696. The summed E-state index contributed by atoms with van der Waals surface area (Å²) in [5.74, 6) is 0.208. The van der Waals surface area contributed by atoms with E-state index in [0.717, 1.165) is 19.3 Å². The first-order chi connectivity index (χ1) is 10.5. The molecule has 0 spiro atoms. The summed E-state index contributed by atoms with van der Waals surface area (Å²) in [7, 11) is 0. The molecule has 1 saturated carbocycles.